The van der Waals surface area contributed by atoms with E-state index in [9.17, 15) is 0 Å². The first kappa shape index (κ1) is 10.6. The number of rotatable bonds is 2. The van der Waals surface area contributed by atoms with Crippen molar-refractivity contribution in [3.8, 4) is 5.75 Å². The van der Waals surface area contributed by atoms with Gasteiger partial charge in [-0.2, -0.15) is 0 Å². The summed E-state index contributed by atoms with van der Waals surface area (Å²) in [5.41, 5.74) is 7.25. The highest BCUT2D eigenvalue weighted by atomic mass is 16.5. The summed E-state index contributed by atoms with van der Waals surface area (Å²) in [6.45, 7) is 4.61. The summed E-state index contributed by atoms with van der Waals surface area (Å²) < 4.78 is 5.56. The van der Waals surface area contributed by atoms with Crippen molar-refractivity contribution < 1.29 is 9.94 Å². The van der Waals surface area contributed by atoms with Crippen molar-refractivity contribution >= 4 is 11.5 Å². The Balaban J connectivity index is 2.39. The Morgan fingerprint density at radius 3 is 3.12 bits per heavy atom. The Hall–Kier alpha value is -1.91. The molecule has 0 amide bonds. The van der Waals surface area contributed by atoms with Crippen LogP contribution in [0, 0.1) is 0 Å². The maximum atomic E-state index is 8.60. The maximum Gasteiger partial charge on any atom is 0.170 e. The van der Waals surface area contributed by atoms with Crippen molar-refractivity contribution in [1.29, 1.82) is 0 Å². The highest BCUT2D eigenvalue weighted by Crippen LogP contribution is 2.32. The van der Waals surface area contributed by atoms with Crippen LogP contribution < -0.4 is 15.4 Å². The van der Waals surface area contributed by atoms with E-state index in [0.717, 1.165) is 24.5 Å². The minimum absolute atomic E-state index is 0.0972. The Labute approximate surface area is 94.1 Å². The van der Waals surface area contributed by atoms with Crippen LogP contribution in [0.2, 0.25) is 0 Å². The van der Waals surface area contributed by atoms with Gasteiger partial charge in [-0.05, 0) is 25.1 Å². The quantitative estimate of drug-likeness (QED) is 0.338. The summed E-state index contributed by atoms with van der Waals surface area (Å²) in [5, 5.41) is 11.6. The fraction of sp³-hybridized carbons (Fsp3) is 0.364. The van der Waals surface area contributed by atoms with Gasteiger partial charge in [0, 0.05) is 12.1 Å². The predicted octanol–water partition coefficient (Wildman–Crippen LogP) is 1.000. The number of ether oxygens (including phenoxy) is 1. The number of likely N-dealkylation sites (N-methyl/N-ethyl adjacent to an activating group) is 1. The van der Waals surface area contributed by atoms with Gasteiger partial charge in [0.2, 0.25) is 0 Å². The molecule has 86 valence electrons. The lowest BCUT2D eigenvalue weighted by Gasteiger charge is -2.30. The first-order chi connectivity index (χ1) is 7.76. The molecule has 0 radical (unpaired) electrons. The summed E-state index contributed by atoms with van der Waals surface area (Å²) in [7, 11) is 0. The average molecular weight is 221 g/mol. The summed E-state index contributed by atoms with van der Waals surface area (Å²) in [6.07, 6.45) is 0. The molecule has 1 heterocycles. The van der Waals surface area contributed by atoms with E-state index in [2.05, 4.69) is 17.0 Å². The molecule has 3 N–H and O–H groups in total. The number of benzene rings is 1. The van der Waals surface area contributed by atoms with Gasteiger partial charge in [-0.15, -0.1) is 0 Å². The summed E-state index contributed by atoms with van der Waals surface area (Å²) in [4.78, 5) is 2.23. The van der Waals surface area contributed by atoms with Gasteiger partial charge >= 0.3 is 0 Å². The third-order valence-corrected chi connectivity index (χ3v) is 2.70. The third kappa shape index (κ3) is 1.76. The summed E-state index contributed by atoms with van der Waals surface area (Å²) >= 11 is 0. The number of nitrogens with zero attached hydrogens (tertiary/aromatic N) is 2. The molecule has 1 aliphatic rings. The molecule has 1 aliphatic heterocycles. The standard InChI is InChI=1S/C11H15N3O2/c1-2-14-5-6-16-10-7-8(11(12)13-15)3-4-9(10)14/h3-4,7,15H,2,5-6H2,1H3,(H2,12,13). The van der Waals surface area contributed by atoms with Gasteiger partial charge < -0.3 is 20.6 Å². The minimum Gasteiger partial charge on any atom is -0.490 e. The SMILES string of the molecule is CCN1CCOc2cc(C(N)=NO)ccc21. The maximum absolute atomic E-state index is 8.60. The fourth-order valence-electron chi connectivity index (χ4n) is 1.82. The highest BCUT2D eigenvalue weighted by molar-refractivity contribution is 5.98. The van der Waals surface area contributed by atoms with Crippen molar-refractivity contribution in [2.24, 2.45) is 10.9 Å². The van der Waals surface area contributed by atoms with Crippen LogP contribution in [0.3, 0.4) is 0 Å². The zero-order valence-corrected chi connectivity index (χ0v) is 9.18. The zero-order valence-electron chi connectivity index (χ0n) is 9.18. The molecule has 0 saturated carbocycles. The number of hydrogen-bond donors (Lipinski definition) is 2. The van der Waals surface area contributed by atoms with Crippen molar-refractivity contribution in [2.75, 3.05) is 24.6 Å². The largest absolute Gasteiger partial charge is 0.490 e. The smallest absolute Gasteiger partial charge is 0.170 e. The molecule has 0 spiro atoms. The number of nitrogens with two attached hydrogens (primary N) is 1. The predicted molar refractivity (Wildman–Crippen MR) is 62.3 cm³/mol. The van der Waals surface area contributed by atoms with Gasteiger partial charge in [0.15, 0.2) is 5.84 Å². The monoisotopic (exact) mass is 221 g/mol. The van der Waals surface area contributed by atoms with Crippen LogP contribution in [-0.2, 0) is 0 Å². The molecular formula is C11H15N3O2. The van der Waals surface area contributed by atoms with Gasteiger partial charge in [0.1, 0.15) is 12.4 Å². The summed E-state index contributed by atoms with van der Waals surface area (Å²) in [5.74, 6) is 0.886. The summed E-state index contributed by atoms with van der Waals surface area (Å²) in [6, 6.07) is 5.56. The van der Waals surface area contributed by atoms with Crippen LogP contribution in [0.1, 0.15) is 12.5 Å². The van der Waals surface area contributed by atoms with E-state index in [1.54, 1.807) is 6.07 Å². The van der Waals surface area contributed by atoms with Gasteiger partial charge in [-0.3, -0.25) is 0 Å². The van der Waals surface area contributed by atoms with Crippen molar-refractivity contribution in [3.05, 3.63) is 23.8 Å². The van der Waals surface area contributed by atoms with E-state index in [1.807, 2.05) is 12.1 Å². The van der Waals surface area contributed by atoms with Gasteiger partial charge in [0.05, 0.1) is 12.2 Å². The molecule has 2 rings (SSSR count). The molecule has 0 aliphatic carbocycles. The molecule has 0 atom stereocenters. The second-order valence-corrected chi connectivity index (χ2v) is 3.60. The van der Waals surface area contributed by atoms with E-state index >= 15 is 0 Å². The van der Waals surface area contributed by atoms with Crippen LogP contribution in [-0.4, -0.2) is 30.7 Å². The Bertz CT molecular complexity index is 418. The second kappa shape index (κ2) is 4.30. The second-order valence-electron chi connectivity index (χ2n) is 3.60. The van der Waals surface area contributed by atoms with Gasteiger partial charge in [-0.1, -0.05) is 5.16 Å². The zero-order chi connectivity index (χ0) is 11.5. The van der Waals surface area contributed by atoms with Crippen LogP contribution in [0.15, 0.2) is 23.4 Å². The first-order valence-electron chi connectivity index (χ1n) is 5.26. The number of anilines is 1. The molecule has 0 fully saturated rings. The average Bonchev–Trinajstić information content (AvgIpc) is 2.36. The van der Waals surface area contributed by atoms with E-state index in [-0.39, 0.29) is 5.84 Å². The van der Waals surface area contributed by atoms with Gasteiger partial charge in [0.25, 0.3) is 0 Å². The lowest BCUT2D eigenvalue weighted by Crippen LogP contribution is -2.32. The molecule has 16 heavy (non-hydrogen) atoms. The number of oxime groups is 1. The molecule has 5 nitrogen and oxygen atoms in total. The number of fused-ring (bicyclic) bond motifs is 1. The molecule has 0 bridgehead atoms. The minimum atomic E-state index is 0.0972. The fourth-order valence-corrected chi connectivity index (χ4v) is 1.82. The van der Waals surface area contributed by atoms with Crippen molar-refractivity contribution in [2.45, 2.75) is 6.92 Å². The highest BCUT2D eigenvalue weighted by Gasteiger charge is 2.17. The van der Waals surface area contributed by atoms with Crippen LogP contribution in [0.4, 0.5) is 5.69 Å². The van der Waals surface area contributed by atoms with Crippen LogP contribution in [0.5, 0.6) is 5.75 Å². The molecule has 1 aromatic carbocycles. The first-order valence-corrected chi connectivity index (χ1v) is 5.26. The number of hydrogen-bond acceptors (Lipinski definition) is 4. The molecule has 0 aromatic heterocycles. The van der Waals surface area contributed by atoms with Crippen LogP contribution in [0.25, 0.3) is 0 Å². The third-order valence-electron chi connectivity index (χ3n) is 2.70. The molecular weight excluding hydrogens is 206 g/mol. The van der Waals surface area contributed by atoms with Crippen molar-refractivity contribution in [1.82, 2.24) is 0 Å². The van der Waals surface area contributed by atoms with E-state index < -0.39 is 0 Å². The molecule has 0 unspecified atom stereocenters. The van der Waals surface area contributed by atoms with Gasteiger partial charge in [-0.25, -0.2) is 0 Å². The topological polar surface area (TPSA) is 71.1 Å². The number of amidine groups is 1. The molecule has 1 aromatic rings. The molecule has 0 saturated heterocycles. The van der Waals surface area contributed by atoms with Crippen molar-refractivity contribution in [3.63, 3.8) is 0 Å². The Morgan fingerprint density at radius 2 is 2.44 bits per heavy atom. The van der Waals surface area contributed by atoms with E-state index in [1.165, 1.54) is 0 Å². The van der Waals surface area contributed by atoms with Crippen LogP contribution >= 0.6 is 0 Å². The normalized spacial score (nSPS) is 15.6. The lowest BCUT2D eigenvalue weighted by molar-refractivity contribution is 0.308. The lowest BCUT2D eigenvalue weighted by atomic mass is 10.1. The molecule has 5 heteroatoms. The Morgan fingerprint density at radius 1 is 1.62 bits per heavy atom. The van der Waals surface area contributed by atoms with E-state index in [0.29, 0.717) is 12.2 Å². The Kier molecular flexibility index (Phi) is 2.85. The van der Waals surface area contributed by atoms with E-state index in [4.69, 9.17) is 15.7 Å².